The minimum atomic E-state index is -0.0834. The molecule has 1 aromatic rings. The molecule has 0 aromatic heterocycles. The first-order valence-corrected chi connectivity index (χ1v) is 8.32. The quantitative estimate of drug-likeness (QED) is 0.785. The normalized spacial score (nSPS) is 18.0. The van der Waals surface area contributed by atoms with Gasteiger partial charge in [0, 0.05) is 30.9 Å². The molecule has 0 amide bonds. The fourth-order valence-electron chi connectivity index (χ4n) is 3.05. The van der Waals surface area contributed by atoms with Crippen molar-refractivity contribution in [2.75, 3.05) is 24.5 Å². The van der Waals surface area contributed by atoms with E-state index in [0.717, 1.165) is 37.3 Å². The zero-order chi connectivity index (χ0) is 15.3. The van der Waals surface area contributed by atoms with Gasteiger partial charge < -0.3 is 10.2 Å². The average molecular weight is 292 g/mol. The lowest BCUT2D eigenvalue weighted by Gasteiger charge is -2.40. The Kier molecular flexibility index (Phi) is 5.63. The standard InChI is InChI=1S/C18H29FN2/c1-4-11-20-14-15-16(19)7-6-8-17(15)21-12-9-18(3,5-2)10-13-21/h6-8,20H,4-5,9-14H2,1-3H3. The molecular formula is C18H29FN2. The van der Waals surface area contributed by atoms with Gasteiger partial charge in [0.1, 0.15) is 5.82 Å². The number of hydrogen-bond donors (Lipinski definition) is 1. The van der Waals surface area contributed by atoms with Crippen LogP contribution in [-0.2, 0) is 6.54 Å². The maximum absolute atomic E-state index is 14.2. The summed E-state index contributed by atoms with van der Waals surface area (Å²) in [5.74, 6) is -0.0834. The second-order valence-electron chi connectivity index (χ2n) is 6.57. The molecule has 1 aliphatic rings. The van der Waals surface area contributed by atoms with Crippen molar-refractivity contribution in [1.29, 1.82) is 0 Å². The molecule has 2 rings (SSSR count). The van der Waals surface area contributed by atoms with Crippen LogP contribution in [0.2, 0.25) is 0 Å². The molecule has 1 heterocycles. The molecule has 21 heavy (non-hydrogen) atoms. The van der Waals surface area contributed by atoms with Crippen molar-refractivity contribution in [3.63, 3.8) is 0 Å². The van der Waals surface area contributed by atoms with Crippen molar-refractivity contribution in [3.8, 4) is 0 Å². The first-order chi connectivity index (χ1) is 10.1. The highest BCUT2D eigenvalue weighted by Gasteiger charge is 2.29. The first-order valence-electron chi connectivity index (χ1n) is 8.32. The Hall–Kier alpha value is -1.09. The molecule has 1 aromatic carbocycles. The highest BCUT2D eigenvalue weighted by Crippen LogP contribution is 2.36. The van der Waals surface area contributed by atoms with E-state index in [9.17, 15) is 4.39 Å². The van der Waals surface area contributed by atoms with Gasteiger partial charge in [0.25, 0.3) is 0 Å². The van der Waals surface area contributed by atoms with E-state index >= 15 is 0 Å². The largest absolute Gasteiger partial charge is 0.371 e. The fraction of sp³-hybridized carbons (Fsp3) is 0.667. The van der Waals surface area contributed by atoms with Crippen LogP contribution in [0.15, 0.2) is 18.2 Å². The molecular weight excluding hydrogens is 263 g/mol. The van der Waals surface area contributed by atoms with Gasteiger partial charge in [-0.1, -0.05) is 33.3 Å². The molecule has 0 bridgehead atoms. The van der Waals surface area contributed by atoms with Gasteiger partial charge in [0.2, 0.25) is 0 Å². The topological polar surface area (TPSA) is 15.3 Å². The van der Waals surface area contributed by atoms with Crippen molar-refractivity contribution in [3.05, 3.63) is 29.6 Å². The minimum absolute atomic E-state index is 0.0834. The SMILES string of the molecule is CCCNCc1c(F)cccc1N1CCC(C)(CC)CC1. The maximum atomic E-state index is 14.2. The second kappa shape index (κ2) is 7.26. The summed E-state index contributed by atoms with van der Waals surface area (Å²) >= 11 is 0. The lowest BCUT2D eigenvalue weighted by atomic mass is 9.78. The molecule has 1 N–H and O–H groups in total. The summed E-state index contributed by atoms with van der Waals surface area (Å²) in [6.45, 7) is 10.4. The summed E-state index contributed by atoms with van der Waals surface area (Å²) < 4.78 is 14.2. The number of hydrogen-bond acceptors (Lipinski definition) is 2. The van der Waals surface area contributed by atoms with Crippen LogP contribution >= 0.6 is 0 Å². The zero-order valence-electron chi connectivity index (χ0n) is 13.7. The molecule has 3 heteroatoms. The molecule has 0 atom stereocenters. The van der Waals surface area contributed by atoms with Crippen molar-refractivity contribution in [1.82, 2.24) is 5.32 Å². The highest BCUT2D eigenvalue weighted by atomic mass is 19.1. The van der Waals surface area contributed by atoms with Crippen LogP contribution in [0, 0.1) is 11.2 Å². The van der Waals surface area contributed by atoms with Crippen LogP contribution in [0.25, 0.3) is 0 Å². The third kappa shape index (κ3) is 3.97. The van der Waals surface area contributed by atoms with Crippen LogP contribution in [0.3, 0.4) is 0 Å². The molecule has 1 aliphatic heterocycles. The summed E-state index contributed by atoms with van der Waals surface area (Å²) in [6, 6.07) is 5.48. The third-order valence-electron chi connectivity index (χ3n) is 4.99. The molecule has 2 nitrogen and oxygen atoms in total. The van der Waals surface area contributed by atoms with Gasteiger partial charge in [-0.3, -0.25) is 0 Å². The van der Waals surface area contributed by atoms with Crippen LogP contribution in [0.4, 0.5) is 10.1 Å². The number of halogens is 1. The Morgan fingerprint density at radius 3 is 2.57 bits per heavy atom. The smallest absolute Gasteiger partial charge is 0.129 e. The summed E-state index contributed by atoms with van der Waals surface area (Å²) in [5, 5.41) is 3.33. The van der Waals surface area contributed by atoms with E-state index < -0.39 is 0 Å². The molecule has 1 fully saturated rings. The zero-order valence-corrected chi connectivity index (χ0v) is 13.7. The van der Waals surface area contributed by atoms with E-state index in [1.54, 1.807) is 6.07 Å². The highest BCUT2D eigenvalue weighted by molar-refractivity contribution is 5.54. The Morgan fingerprint density at radius 2 is 1.95 bits per heavy atom. The van der Waals surface area contributed by atoms with Crippen molar-refractivity contribution < 1.29 is 4.39 Å². The van der Waals surface area contributed by atoms with E-state index in [2.05, 4.69) is 37.1 Å². The van der Waals surface area contributed by atoms with Crippen molar-refractivity contribution >= 4 is 5.69 Å². The van der Waals surface area contributed by atoms with Gasteiger partial charge >= 0.3 is 0 Å². The van der Waals surface area contributed by atoms with E-state index in [1.807, 2.05) is 6.07 Å². The molecule has 118 valence electrons. The summed E-state index contributed by atoms with van der Waals surface area (Å²) in [5.41, 5.74) is 2.37. The monoisotopic (exact) mass is 292 g/mol. The molecule has 0 aliphatic carbocycles. The predicted molar refractivity (Wildman–Crippen MR) is 88.2 cm³/mol. The first kappa shape index (κ1) is 16.3. The molecule has 0 saturated carbocycles. The Morgan fingerprint density at radius 1 is 1.24 bits per heavy atom. The van der Waals surface area contributed by atoms with Gasteiger partial charge in [-0.05, 0) is 43.4 Å². The van der Waals surface area contributed by atoms with E-state index in [1.165, 1.54) is 19.3 Å². The summed E-state index contributed by atoms with van der Waals surface area (Å²) in [4.78, 5) is 2.36. The lowest BCUT2D eigenvalue weighted by Crippen LogP contribution is -2.39. The predicted octanol–water partition coefficient (Wildman–Crippen LogP) is 4.34. The molecule has 0 spiro atoms. The maximum Gasteiger partial charge on any atom is 0.129 e. The number of rotatable bonds is 6. The summed E-state index contributed by atoms with van der Waals surface area (Å²) in [6.07, 6.45) is 4.70. The number of anilines is 1. The Bertz CT molecular complexity index is 451. The van der Waals surface area contributed by atoms with Crippen LogP contribution in [0.1, 0.15) is 52.0 Å². The number of nitrogens with zero attached hydrogens (tertiary/aromatic N) is 1. The third-order valence-corrected chi connectivity index (χ3v) is 4.99. The van der Waals surface area contributed by atoms with E-state index in [4.69, 9.17) is 0 Å². The van der Waals surface area contributed by atoms with Gasteiger partial charge in [0.05, 0.1) is 0 Å². The van der Waals surface area contributed by atoms with E-state index in [0.29, 0.717) is 12.0 Å². The number of piperidine rings is 1. The average Bonchev–Trinajstić information content (AvgIpc) is 2.50. The van der Waals surface area contributed by atoms with Gasteiger partial charge in [-0.25, -0.2) is 4.39 Å². The van der Waals surface area contributed by atoms with Gasteiger partial charge in [0.15, 0.2) is 0 Å². The van der Waals surface area contributed by atoms with Crippen LogP contribution in [-0.4, -0.2) is 19.6 Å². The van der Waals surface area contributed by atoms with Gasteiger partial charge in [-0.2, -0.15) is 0 Å². The number of nitrogens with one attached hydrogen (secondary N) is 1. The molecule has 0 unspecified atom stereocenters. The molecule has 0 radical (unpaired) electrons. The fourth-order valence-corrected chi connectivity index (χ4v) is 3.05. The van der Waals surface area contributed by atoms with Crippen molar-refractivity contribution in [2.24, 2.45) is 5.41 Å². The van der Waals surface area contributed by atoms with Gasteiger partial charge in [-0.15, -0.1) is 0 Å². The number of benzene rings is 1. The molecule has 1 saturated heterocycles. The second-order valence-corrected chi connectivity index (χ2v) is 6.57. The van der Waals surface area contributed by atoms with Crippen molar-refractivity contribution in [2.45, 2.75) is 53.0 Å². The minimum Gasteiger partial charge on any atom is -0.371 e. The summed E-state index contributed by atoms with van der Waals surface area (Å²) in [7, 11) is 0. The van der Waals surface area contributed by atoms with Crippen LogP contribution < -0.4 is 10.2 Å². The Labute approximate surface area is 128 Å². The van der Waals surface area contributed by atoms with E-state index in [-0.39, 0.29) is 5.82 Å². The van der Waals surface area contributed by atoms with Crippen LogP contribution in [0.5, 0.6) is 0 Å². The Balaban J connectivity index is 2.11. The lowest BCUT2D eigenvalue weighted by molar-refractivity contribution is 0.238.